The molecular formula is C22H33N5O3S. The minimum absolute atomic E-state index is 0.148. The summed E-state index contributed by atoms with van der Waals surface area (Å²) in [7, 11) is 3.32. The second-order valence-corrected chi connectivity index (χ2v) is 8.54. The van der Waals surface area contributed by atoms with Gasteiger partial charge in [0.05, 0.1) is 40.0 Å². The maximum Gasteiger partial charge on any atom is 0.191 e. The Morgan fingerprint density at radius 1 is 1.23 bits per heavy atom. The van der Waals surface area contributed by atoms with Gasteiger partial charge in [-0.1, -0.05) is 6.07 Å². The van der Waals surface area contributed by atoms with Gasteiger partial charge in [0.15, 0.2) is 17.5 Å². The highest BCUT2D eigenvalue weighted by molar-refractivity contribution is 7.11. The molecule has 1 aliphatic rings. The first-order valence-corrected chi connectivity index (χ1v) is 11.4. The first kappa shape index (κ1) is 23.3. The lowest BCUT2D eigenvalue weighted by Crippen LogP contribution is -2.46. The van der Waals surface area contributed by atoms with Gasteiger partial charge in [-0.05, 0) is 31.5 Å². The molecule has 1 fully saturated rings. The van der Waals surface area contributed by atoms with Crippen LogP contribution in [0.4, 0.5) is 0 Å². The zero-order valence-electron chi connectivity index (χ0n) is 18.8. The molecule has 1 aliphatic heterocycles. The number of hydrogen-bond acceptors (Lipinski definition) is 7. The summed E-state index contributed by atoms with van der Waals surface area (Å²) in [5.74, 6) is 2.25. The molecule has 2 heterocycles. The summed E-state index contributed by atoms with van der Waals surface area (Å²) in [6, 6.07) is 6.27. The third kappa shape index (κ3) is 6.56. The van der Waals surface area contributed by atoms with E-state index in [1.807, 2.05) is 12.3 Å². The smallest absolute Gasteiger partial charge is 0.191 e. The number of benzene rings is 1. The monoisotopic (exact) mass is 447 g/mol. The molecule has 0 saturated carbocycles. The van der Waals surface area contributed by atoms with Crippen molar-refractivity contribution in [3.05, 3.63) is 39.8 Å². The number of morpholine rings is 1. The van der Waals surface area contributed by atoms with Crippen LogP contribution < -0.4 is 20.1 Å². The second-order valence-electron chi connectivity index (χ2n) is 7.22. The van der Waals surface area contributed by atoms with E-state index in [2.05, 4.69) is 46.5 Å². The van der Waals surface area contributed by atoms with E-state index in [1.165, 1.54) is 10.4 Å². The van der Waals surface area contributed by atoms with Gasteiger partial charge in [-0.2, -0.15) is 0 Å². The summed E-state index contributed by atoms with van der Waals surface area (Å²) in [4.78, 5) is 12.8. The Balaban J connectivity index is 1.77. The van der Waals surface area contributed by atoms with Gasteiger partial charge in [-0.25, -0.2) is 9.98 Å². The molecule has 31 heavy (non-hydrogen) atoms. The molecule has 1 aromatic carbocycles. The van der Waals surface area contributed by atoms with Crippen LogP contribution in [0, 0.1) is 6.92 Å². The van der Waals surface area contributed by atoms with Crippen molar-refractivity contribution in [3.63, 3.8) is 0 Å². The Kier molecular flexibility index (Phi) is 8.93. The predicted octanol–water partition coefficient (Wildman–Crippen LogP) is 2.60. The lowest BCUT2D eigenvalue weighted by atomic mass is 10.0. The molecule has 0 amide bonds. The first-order chi connectivity index (χ1) is 15.1. The predicted molar refractivity (Wildman–Crippen MR) is 124 cm³/mol. The summed E-state index contributed by atoms with van der Waals surface area (Å²) < 4.78 is 16.5. The van der Waals surface area contributed by atoms with Crippen LogP contribution in [0.3, 0.4) is 0 Å². The number of rotatable bonds is 9. The van der Waals surface area contributed by atoms with Gasteiger partial charge >= 0.3 is 0 Å². The molecule has 2 aromatic rings. The number of thiazole rings is 1. The molecule has 0 radical (unpaired) electrons. The average molecular weight is 448 g/mol. The number of aliphatic imine (C=N–C) groups is 1. The molecule has 1 unspecified atom stereocenters. The number of nitrogens with one attached hydrogen (secondary N) is 2. The molecule has 1 saturated heterocycles. The minimum Gasteiger partial charge on any atom is -0.493 e. The van der Waals surface area contributed by atoms with E-state index >= 15 is 0 Å². The van der Waals surface area contributed by atoms with Gasteiger partial charge in [-0.15, -0.1) is 11.3 Å². The van der Waals surface area contributed by atoms with E-state index in [4.69, 9.17) is 19.2 Å². The molecule has 0 bridgehead atoms. The fourth-order valence-electron chi connectivity index (χ4n) is 3.56. The summed E-state index contributed by atoms with van der Waals surface area (Å²) in [5.41, 5.74) is 1.17. The van der Waals surface area contributed by atoms with Crippen LogP contribution >= 0.6 is 11.3 Å². The Bertz CT molecular complexity index is 851. The van der Waals surface area contributed by atoms with E-state index in [0.29, 0.717) is 13.1 Å². The Labute approximate surface area is 188 Å². The number of nitrogens with zero attached hydrogens (tertiary/aromatic N) is 3. The van der Waals surface area contributed by atoms with Gasteiger partial charge in [0, 0.05) is 37.3 Å². The fraction of sp³-hybridized carbons (Fsp3) is 0.545. The number of ether oxygens (including phenoxy) is 3. The van der Waals surface area contributed by atoms with Gasteiger partial charge in [0.25, 0.3) is 0 Å². The lowest BCUT2D eigenvalue weighted by Gasteiger charge is -2.35. The SMILES string of the molecule is CCNC(=NCc1ncc(C)s1)NCC(c1ccc(OC)c(OC)c1)N1CCOCC1. The maximum atomic E-state index is 5.57. The van der Waals surface area contributed by atoms with Crippen molar-refractivity contribution in [2.45, 2.75) is 26.4 Å². The normalized spacial score (nSPS) is 16.1. The maximum absolute atomic E-state index is 5.57. The molecular weight excluding hydrogens is 414 g/mol. The van der Waals surface area contributed by atoms with Crippen LogP contribution in [0.25, 0.3) is 0 Å². The van der Waals surface area contributed by atoms with Crippen molar-refractivity contribution in [1.82, 2.24) is 20.5 Å². The number of hydrogen-bond donors (Lipinski definition) is 2. The molecule has 1 atom stereocenters. The standard InChI is InChI=1S/C22H33N5O3S/c1-5-23-22(26-15-21-24-13-16(2)31-21)25-14-18(27-8-10-30-11-9-27)17-6-7-19(28-3)20(12-17)29-4/h6-7,12-13,18H,5,8-11,14-15H2,1-4H3,(H2,23,25,26). The minimum atomic E-state index is 0.148. The molecule has 0 spiro atoms. The Morgan fingerprint density at radius 3 is 2.65 bits per heavy atom. The van der Waals surface area contributed by atoms with Crippen LogP contribution in [0.1, 0.15) is 28.4 Å². The van der Waals surface area contributed by atoms with Crippen LogP contribution in [-0.4, -0.2) is 69.5 Å². The zero-order valence-corrected chi connectivity index (χ0v) is 19.6. The summed E-state index contributed by atoms with van der Waals surface area (Å²) in [5, 5.41) is 7.87. The largest absolute Gasteiger partial charge is 0.493 e. The van der Waals surface area contributed by atoms with E-state index in [-0.39, 0.29) is 6.04 Å². The van der Waals surface area contributed by atoms with Crippen molar-refractivity contribution in [2.24, 2.45) is 4.99 Å². The molecule has 2 N–H and O–H groups in total. The second kappa shape index (κ2) is 11.9. The Hall–Kier alpha value is -2.36. The number of aromatic nitrogens is 1. The highest BCUT2D eigenvalue weighted by Crippen LogP contribution is 2.32. The molecule has 8 nitrogen and oxygen atoms in total. The third-order valence-electron chi connectivity index (χ3n) is 5.13. The van der Waals surface area contributed by atoms with Gasteiger partial charge in [0.2, 0.25) is 0 Å². The van der Waals surface area contributed by atoms with E-state index < -0.39 is 0 Å². The van der Waals surface area contributed by atoms with Crippen LogP contribution in [-0.2, 0) is 11.3 Å². The topological polar surface area (TPSA) is 80.2 Å². The van der Waals surface area contributed by atoms with E-state index in [9.17, 15) is 0 Å². The summed E-state index contributed by atoms with van der Waals surface area (Å²) in [6.07, 6.45) is 1.89. The third-order valence-corrected chi connectivity index (χ3v) is 6.02. The van der Waals surface area contributed by atoms with Crippen LogP contribution in [0.15, 0.2) is 29.4 Å². The fourth-order valence-corrected chi connectivity index (χ4v) is 4.27. The van der Waals surface area contributed by atoms with E-state index in [0.717, 1.165) is 55.3 Å². The molecule has 3 rings (SSSR count). The van der Waals surface area contributed by atoms with Crippen molar-refractivity contribution in [1.29, 1.82) is 0 Å². The summed E-state index contributed by atoms with van der Waals surface area (Å²) in [6.45, 7) is 9.43. The van der Waals surface area contributed by atoms with Gasteiger partial charge < -0.3 is 24.8 Å². The quantitative estimate of drug-likeness (QED) is 0.452. The summed E-state index contributed by atoms with van der Waals surface area (Å²) >= 11 is 1.68. The number of aryl methyl sites for hydroxylation is 1. The van der Waals surface area contributed by atoms with Gasteiger partial charge in [0.1, 0.15) is 5.01 Å². The average Bonchev–Trinajstić information content (AvgIpc) is 3.23. The van der Waals surface area contributed by atoms with E-state index in [1.54, 1.807) is 25.6 Å². The Morgan fingerprint density at radius 2 is 2.00 bits per heavy atom. The van der Waals surface area contributed by atoms with Crippen molar-refractivity contribution in [2.75, 3.05) is 53.6 Å². The van der Waals surface area contributed by atoms with Crippen molar-refractivity contribution in [3.8, 4) is 11.5 Å². The lowest BCUT2D eigenvalue weighted by molar-refractivity contribution is 0.0169. The first-order valence-electron chi connectivity index (χ1n) is 10.6. The molecule has 170 valence electrons. The number of guanidine groups is 1. The highest BCUT2D eigenvalue weighted by Gasteiger charge is 2.24. The molecule has 1 aromatic heterocycles. The van der Waals surface area contributed by atoms with Crippen molar-refractivity contribution >= 4 is 17.3 Å². The molecule has 9 heteroatoms. The van der Waals surface area contributed by atoms with Crippen molar-refractivity contribution < 1.29 is 14.2 Å². The highest BCUT2D eigenvalue weighted by atomic mass is 32.1. The van der Waals surface area contributed by atoms with Crippen LogP contribution in [0.2, 0.25) is 0 Å². The molecule has 0 aliphatic carbocycles. The number of methoxy groups -OCH3 is 2. The van der Waals surface area contributed by atoms with Gasteiger partial charge in [-0.3, -0.25) is 4.90 Å². The zero-order chi connectivity index (χ0) is 22.1. The van der Waals surface area contributed by atoms with Crippen LogP contribution in [0.5, 0.6) is 11.5 Å².